The molecule has 102 valence electrons. The molecule has 5 heteroatoms. The van der Waals surface area contributed by atoms with Crippen molar-refractivity contribution in [1.29, 1.82) is 0 Å². The Labute approximate surface area is 123 Å². The van der Waals surface area contributed by atoms with E-state index in [2.05, 4.69) is 15.9 Å². The van der Waals surface area contributed by atoms with Crippen molar-refractivity contribution < 1.29 is 13.2 Å². The van der Waals surface area contributed by atoms with Crippen LogP contribution < -0.4 is 0 Å². The molecule has 1 aliphatic carbocycles. The van der Waals surface area contributed by atoms with Crippen LogP contribution in [0.2, 0.25) is 0 Å². The predicted molar refractivity (Wildman–Crippen MR) is 75.5 cm³/mol. The summed E-state index contributed by atoms with van der Waals surface area (Å²) < 4.78 is 39.5. The van der Waals surface area contributed by atoms with Crippen molar-refractivity contribution in [2.24, 2.45) is 5.41 Å². The maximum Gasteiger partial charge on any atom is 0.400 e. The Kier molecular flexibility index (Phi) is 4.11. The zero-order chi connectivity index (χ0) is 14.1. The Balaban J connectivity index is 2.37. The summed E-state index contributed by atoms with van der Waals surface area (Å²) in [6.45, 7) is 0. The maximum atomic E-state index is 13.2. The lowest BCUT2D eigenvalue weighted by Gasteiger charge is -2.36. The van der Waals surface area contributed by atoms with E-state index in [1.54, 1.807) is 0 Å². The second kappa shape index (κ2) is 5.33. The fourth-order valence-electron chi connectivity index (χ4n) is 1.96. The SMILES string of the molecule is FC(F)(F)C1(CBr)C=CC(c2ccccc2)=CC1Cl. The van der Waals surface area contributed by atoms with Gasteiger partial charge in [0.1, 0.15) is 5.41 Å². The number of halogens is 5. The van der Waals surface area contributed by atoms with Gasteiger partial charge in [-0.15, -0.1) is 11.6 Å². The van der Waals surface area contributed by atoms with Gasteiger partial charge in [0, 0.05) is 5.33 Å². The Hall–Kier alpha value is -0.740. The molecule has 1 aromatic carbocycles. The molecule has 0 nitrogen and oxygen atoms in total. The number of allylic oxidation sites excluding steroid dienone is 4. The summed E-state index contributed by atoms with van der Waals surface area (Å²) in [7, 11) is 0. The molecule has 0 radical (unpaired) electrons. The topological polar surface area (TPSA) is 0 Å². The minimum atomic E-state index is -4.39. The molecule has 2 atom stereocenters. The van der Waals surface area contributed by atoms with Crippen LogP contribution in [0.15, 0.2) is 48.6 Å². The van der Waals surface area contributed by atoms with E-state index in [0.717, 1.165) is 11.6 Å². The van der Waals surface area contributed by atoms with E-state index < -0.39 is 17.0 Å². The summed E-state index contributed by atoms with van der Waals surface area (Å²) in [4.78, 5) is 0. The summed E-state index contributed by atoms with van der Waals surface area (Å²) in [6, 6.07) is 9.21. The smallest absolute Gasteiger partial charge is 0.170 e. The van der Waals surface area contributed by atoms with Gasteiger partial charge < -0.3 is 0 Å². The molecule has 0 bridgehead atoms. The first kappa shape index (κ1) is 14.7. The van der Waals surface area contributed by atoms with Gasteiger partial charge in [-0.05, 0) is 11.1 Å². The average molecular weight is 352 g/mol. The predicted octanol–water partition coefficient (Wildman–Crippen LogP) is 5.19. The van der Waals surface area contributed by atoms with Gasteiger partial charge in [0.05, 0.1) is 5.38 Å². The molecule has 0 aromatic heterocycles. The molecule has 0 saturated heterocycles. The van der Waals surface area contributed by atoms with Crippen molar-refractivity contribution >= 4 is 33.1 Å². The molecule has 0 amide bonds. The maximum absolute atomic E-state index is 13.2. The first-order valence-electron chi connectivity index (χ1n) is 5.64. The van der Waals surface area contributed by atoms with Crippen LogP contribution in [0.25, 0.3) is 5.57 Å². The molecule has 0 N–H and O–H groups in total. The third kappa shape index (κ3) is 2.61. The highest BCUT2D eigenvalue weighted by Gasteiger charge is 2.57. The highest BCUT2D eigenvalue weighted by molar-refractivity contribution is 9.09. The number of rotatable bonds is 2. The normalized spacial score (nSPS) is 27.2. The van der Waals surface area contributed by atoms with Crippen molar-refractivity contribution in [2.45, 2.75) is 11.6 Å². The van der Waals surface area contributed by atoms with Crippen molar-refractivity contribution in [2.75, 3.05) is 5.33 Å². The van der Waals surface area contributed by atoms with E-state index in [-0.39, 0.29) is 5.33 Å². The van der Waals surface area contributed by atoms with Gasteiger partial charge in [-0.3, -0.25) is 0 Å². The standard InChI is InChI=1S/C14H11BrClF3/c15-9-13(14(17,18)19)7-6-11(8-12(13)16)10-4-2-1-3-5-10/h1-8,12H,9H2. The molecule has 1 aliphatic rings. The van der Waals surface area contributed by atoms with Gasteiger partial charge in [-0.25, -0.2) is 0 Å². The van der Waals surface area contributed by atoms with Gasteiger partial charge in [0.2, 0.25) is 0 Å². The zero-order valence-corrected chi connectivity index (χ0v) is 12.1. The molecule has 19 heavy (non-hydrogen) atoms. The van der Waals surface area contributed by atoms with Gasteiger partial charge in [-0.2, -0.15) is 13.2 Å². The fourth-order valence-corrected chi connectivity index (χ4v) is 3.41. The van der Waals surface area contributed by atoms with E-state index in [4.69, 9.17) is 11.6 Å². The van der Waals surface area contributed by atoms with Gasteiger partial charge >= 0.3 is 6.18 Å². The van der Waals surface area contributed by atoms with Crippen molar-refractivity contribution in [3.05, 3.63) is 54.1 Å². The Morgan fingerprint density at radius 1 is 1.21 bits per heavy atom. The minimum absolute atomic E-state index is 0.257. The lowest BCUT2D eigenvalue weighted by Crippen LogP contribution is -2.45. The highest BCUT2D eigenvalue weighted by atomic mass is 79.9. The molecule has 1 aromatic rings. The molecule has 2 unspecified atom stereocenters. The van der Waals surface area contributed by atoms with E-state index in [1.807, 2.05) is 30.3 Å². The van der Waals surface area contributed by atoms with Crippen LogP contribution in [0.1, 0.15) is 5.56 Å². The molecular weight excluding hydrogens is 341 g/mol. The number of hydrogen-bond acceptors (Lipinski definition) is 0. The average Bonchev–Trinajstić information content (AvgIpc) is 2.38. The van der Waals surface area contributed by atoms with Crippen LogP contribution in [-0.4, -0.2) is 16.9 Å². The summed E-state index contributed by atoms with van der Waals surface area (Å²) in [5.74, 6) is 0. The Morgan fingerprint density at radius 3 is 2.32 bits per heavy atom. The van der Waals surface area contributed by atoms with Gasteiger partial charge in [0.25, 0.3) is 0 Å². The fraction of sp³-hybridized carbons (Fsp3) is 0.286. The molecule has 0 saturated carbocycles. The van der Waals surface area contributed by atoms with Crippen LogP contribution >= 0.6 is 27.5 Å². The second-order valence-electron chi connectivity index (χ2n) is 4.39. The van der Waals surface area contributed by atoms with Crippen molar-refractivity contribution in [3.8, 4) is 0 Å². The third-order valence-electron chi connectivity index (χ3n) is 3.23. The van der Waals surface area contributed by atoms with Gasteiger partial charge in [-0.1, -0.05) is 64.5 Å². The molecule has 0 aliphatic heterocycles. The molecule has 0 heterocycles. The number of hydrogen-bond donors (Lipinski definition) is 0. The van der Waals surface area contributed by atoms with Crippen LogP contribution in [-0.2, 0) is 0 Å². The summed E-state index contributed by atoms with van der Waals surface area (Å²) in [5.41, 5.74) is -0.483. The van der Waals surface area contributed by atoms with Crippen LogP contribution in [0.5, 0.6) is 0 Å². The number of benzene rings is 1. The first-order chi connectivity index (χ1) is 8.90. The van der Waals surface area contributed by atoms with E-state index in [0.29, 0.717) is 5.57 Å². The van der Waals surface area contributed by atoms with Crippen LogP contribution in [0.4, 0.5) is 13.2 Å². The minimum Gasteiger partial charge on any atom is -0.170 e. The number of alkyl halides is 5. The van der Waals surface area contributed by atoms with Gasteiger partial charge in [0.15, 0.2) is 0 Å². The van der Waals surface area contributed by atoms with E-state index in [1.165, 1.54) is 12.2 Å². The molecule has 0 fully saturated rings. The van der Waals surface area contributed by atoms with Crippen molar-refractivity contribution in [1.82, 2.24) is 0 Å². The van der Waals surface area contributed by atoms with E-state index in [9.17, 15) is 13.2 Å². The van der Waals surface area contributed by atoms with Crippen molar-refractivity contribution in [3.63, 3.8) is 0 Å². The molecular formula is C14H11BrClF3. The largest absolute Gasteiger partial charge is 0.400 e. The van der Waals surface area contributed by atoms with E-state index >= 15 is 0 Å². The monoisotopic (exact) mass is 350 g/mol. The molecule has 0 spiro atoms. The van der Waals surface area contributed by atoms with Crippen LogP contribution in [0.3, 0.4) is 0 Å². The Morgan fingerprint density at radius 2 is 1.84 bits per heavy atom. The summed E-state index contributed by atoms with van der Waals surface area (Å²) >= 11 is 8.93. The molecule has 2 rings (SSSR count). The lowest BCUT2D eigenvalue weighted by atomic mass is 9.79. The quantitative estimate of drug-likeness (QED) is 0.643. The summed E-state index contributed by atoms with van der Waals surface area (Å²) in [6.07, 6.45) is -0.283. The van der Waals surface area contributed by atoms with Crippen LogP contribution in [0, 0.1) is 5.41 Å². The second-order valence-corrected chi connectivity index (χ2v) is 5.43. The zero-order valence-electron chi connectivity index (χ0n) is 9.79. The third-order valence-corrected chi connectivity index (χ3v) is 4.68. The first-order valence-corrected chi connectivity index (χ1v) is 7.20. The lowest BCUT2D eigenvalue weighted by molar-refractivity contribution is -0.195. The Bertz CT molecular complexity index is 507. The summed E-state index contributed by atoms with van der Waals surface area (Å²) in [5, 5.41) is -1.39. The highest BCUT2D eigenvalue weighted by Crippen LogP contribution is 2.49.